The highest BCUT2D eigenvalue weighted by atomic mass is 35.5. The first-order chi connectivity index (χ1) is 16.2. The van der Waals surface area contributed by atoms with Gasteiger partial charge in [0, 0.05) is 42.6 Å². The van der Waals surface area contributed by atoms with Gasteiger partial charge in [0.2, 0.25) is 15.5 Å². The maximum Gasteiger partial charge on any atom is 0.257 e. The SMILES string of the molecule is O=C(NCc1ccc(Cl)cc1)c1c[nH]c2c(S(=O)(=O)NCCc3cnc[nH]3)cc(F)cc2c1=O. The van der Waals surface area contributed by atoms with Crippen LogP contribution in [0.4, 0.5) is 4.39 Å². The van der Waals surface area contributed by atoms with Crippen molar-refractivity contribution in [2.24, 2.45) is 0 Å². The first kappa shape index (κ1) is 23.6. The molecule has 9 nitrogen and oxygen atoms in total. The van der Waals surface area contributed by atoms with Crippen molar-refractivity contribution in [3.63, 3.8) is 0 Å². The molecular formula is C22H19ClFN5O4S. The van der Waals surface area contributed by atoms with E-state index in [1.165, 1.54) is 6.33 Å². The molecule has 34 heavy (non-hydrogen) atoms. The van der Waals surface area contributed by atoms with Crippen LogP contribution in [0, 0.1) is 5.82 Å². The molecule has 0 atom stereocenters. The minimum atomic E-state index is -4.17. The third-order valence-electron chi connectivity index (χ3n) is 5.06. The van der Waals surface area contributed by atoms with Crippen molar-refractivity contribution in [3.05, 3.63) is 93.0 Å². The minimum Gasteiger partial charge on any atom is -0.359 e. The summed E-state index contributed by atoms with van der Waals surface area (Å²) in [5.41, 5.74) is 0.304. The molecule has 4 rings (SSSR count). The number of H-pyrrole nitrogens is 2. The predicted molar refractivity (Wildman–Crippen MR) is 125 cm³/mol. The Hall–Kier alpha value is -3.54. The average Bonchev–Trinajstić information content (AvgIpc) is 3.32. The zero-order valence-electron chi connectivity index (χ0n) is 17.6. The van der Waals surface area contributed by atoms with Crippen molar-refractivity contribution >= 4 is 38.4 Å². The monoisotopic (exact) mass is 503 g/mol. The Balaban J connectivity index is 1.59. The summed E-state index contributed by atoms with van der Waals surface area (Å²) in [7, 11) is -4.17. The molecule has 4 aromatic rings. The van der Waals surface area contributed by atoms with Crippen LogP contribution in [0.5, 0.6) is 0 Å². The average molecular weight is 504 g/mol. The second-order valence-corrected chi connectivity index (χ2v) is 9.56. The Morgan fingerprint density at radius 2 is 1.91 bits per heavy atom. The molecule has 0 spiro atoms. The van der Waals surface area contributed by atoms with Crippen LogP contribution in [-0.4, -0.2) is 35.8 Å². The highest BCUT2D eigenvalue weighted by Gasteiger charge is 2.22. The molecule has 4 N–H and O–H groups in total. The van der Waals surface area contributed by atoms with E-state index >= 15 is 0 Å². The van der Waals surface area contributed by atoms with Gasteiger partial charge in [-0.25, -0.2) is 22.5 Å². The van der Waals surface area contributed by atoms with Crippen LogP contribution in [-0.2, 0) is 23.0 Å². The number of nitrogens with zero attached hydrogens (tertiary/aromatic N) is 1. The zero-order valence-corrected chi connectivity index (χ0v) is 19.1. The molecule has 0 radical (unpaired) electrons. The van der Waals surface area contributed by atoms with E-state index in [1.807, 2.05) is 0 Å². The quantitative estimate of drug-likeness (QED) is 0.293. The van der Waals surface area contributed by atoms with Crippen LogP contribution in [0.1, 0.15) is 21.6 Å². The Bertz CT molecular complexity index is 1500. The fourth-order valence-corrected chi connectivity index (χ4v) is 4.70. The lowest BCUT2D eigenvalue weighted by atomic mass is 10.1. The van der Waals surface area contributed by atoms with Crippen LogP contribution >= 0.6 is 11.6 Å². The Morgan fingerprint density at radius 1 is 1.15 bits per heavy atom. The molecule has 1 amide bonds. The molecule has 2 aromatic heterocycles. The number of amides is 1. The Labute approximate surface area is 198 Å². The molecule has 0 bridgehead atoms. The van der Waals surface area contributed by atoms with E-state index in [0.29, 0.717) is 11.4 Å². The minimum absolute atomic E-state index is 0.0257. The van der Waals surface area contributed by atoms with Gasteiger partial charge in [-0.3, -0.25) is 9.59 Å². The van der Waals surface area contributed by atoms with Crippen LogP contribution in [0.2, 0.25) is 5.02 Å². The summed E-state index contributed by atoms with van der Waals surface area (Å²) in [6.45, 7) is 0.161. The number of rotatable bonds is 8. The number of pyridine rings is 1. The summed E-state index contributed by atoms with van der Waals surface area (Å²) in [6.07, 6.45) is 4.48. The third kappa shape index (κ3) is 5.16. The summed E-state index contributed by atoms with van der Waals surface area (Å²) in [4.78, 5) is 34.5. The van der Waals surface area contributed by atoms with Gasteiger partial charge >= 0.3 is 0 Å². The van der Waals surface area contributed by atoms with E-state index < -0.39 is 32.1 Å². The topological polar surface area (TPSA) is 137 Å². The van der Waals surface area contributed by atoms with Crippen molar-refractivity contribution in [1.82, 2.24) is 25.0 Å². The van der Waals surface area contributed by atoms with E-state index in [0.717, 1.165) is 29.6 Å². The number of halogens is 2. The van der Waals surface area contributed by atoms with Gasteiger partial charge < -0.3 is 15.3 Å². The molecule has 0 unspecified atom stereocenters. The van der Waals surface area contributed by atoms with E-state index in [1.54, 1.807) is 30.5 Å². The molecular weight excluding hydrogens is 485 g/mol. The molecule has 2 heterocycles. The van der Waals surface area contributed by atoms with Crippen LogP contribution in [0.3, 0.4) is 0 Å². The first-order valence-corrected chi connectivity index (χ1v) is 12.0. The second kappa shape index (κ2) is 9.75. The van der Waals surface area contributed by atoms with Gasteiger partial charge in [-0.05, 0) is 29.8 Å². The summed E-state index contributed by atoms with van der Waals surface area (Å²) in [6, 6.07) is 8.49. The second-order valence-electron chi connectivity index (χ2n) is 7.39. The van der Waals surface area contributed by atoms with Crippen LogP contribution < -0.4 is 15.5 Å². The number of hydrogen-bond donors (Lipinski definition) is 4. The van der Waals surface area contributed by atoms with Gasteiger partial charge in [0.1, 0.15) is 16.3 Å². The first-order valence-electron chi connectivity index (χ1n) is 10.1. The normalized spacial score (nSPS) is 11.6. The van der Waals surface area contributed by atoms with Gasteiger partial charge in [0.05, 0.1) is 17.2 Å². The van der Waals surface area contributed by atoms with Crippen molar-refractivity contribution in [1.29, 1.82) is 0 Å². The Kier molecular flexibility index (Phi) is 6.77. The summed E-state index contributed by atoms with van der Waals surface area (Å²) in [5.74, 6) is -1.62. The maximum absolute atomic E-state index is 14.3. The number of benzene rings is 2. The molecule has 0 aliphatic heterocycles. The summed E-state index contributed by atoms with van der Waals surface area (Å²) in [5, 5.41) is 2.90. The number of aromatic nitrogens is 3. The lowest BCUT2D eigenvalue weighted by Crippen LogP contribution is -2.29. The van der Waals surface area contributed by atoms with E-state index in [4.69, 9.17) is 11.6 Å². The van der Waals surface area contributed by atoms with Crippen molar-refractivity contribution < 1.29 is 17.6 Å². The highest BCUT2D eigenvalue weighted by molar-refractivity contribution is 7.89. The van der Waals surface area contributed by atoms with Gasteiger partial charge in [0.15, 0.2) is 0 Å². The van der Waals surface area contributed by atoms with E-state index in [9.17, 15) is 22.4 Å². The van der Waals surface area contributed by atoms with Crippen LogP contribution in [0.25, 0.3) is 10.9 Å². The lowest BCUT2D eigenvalue weighted by molar-refractivity contribution is 0.0949. The molecule has 0 saturated carbocycles. The number of aromatic amines is 2. The number of sulfonamides is 1. The van der Waals surface area contributed by atoms with Gasteiger partial charge in [-0.2, -0.15) is 0 Å². The zero-order chi connectivity index (χ0) is 24.3. The largest absolute Gasteiger partial charge is 0.359 e. The van der Waals surface area contributed by atoms with Gasteiger partial charge in [-0.15, -0.1) is 0 Å². The number of carbonyl (C=O) groups is 1. The predicted octanol–water partition coefficient (Wildman–Crippen LogP) is 2.49. The molecule has 2 aromatic carbocycles. The molecule has 12 heteroatoms. The van der Waals surface area contributed by atoms with Crippen LogP contribution in [0.15, 0.2) is 64.8 Å². The fourth-order valence-electron chi connectivity index (χ4n) is 3.34. The van der Waals surface area contributed by atoms with E-state index in [2.05, 4.69) is 25.0 Å². The van der Waals surface area contributed by atoms with Crippen molar-refractivity contribution in [2.45, 2.75) is 17.9 Å². The van der Waals surface area contributed by atoms with E-state index in [-0.39, 0.29) is 29.6 Å². The van der Waals surface area contributed by atoms with Gasteiger partial charge in [0.25, 0.3) is 5.91 Å². The number of carbonyl (C=O) groups excluding carboxylic acids is 1. The van der Waals surface area contributed by atoms with Crippen molar-refractivity contribution in [3.8, 4) is 0 Å². The summed E-state index contributed by atoms with van der Waals surface area (Å²) >= 11 is 5.84. The summed E-state index contributed by atoms with van der Waals surface area (Å²) < 4.78 is 42.3. The molecule has 0 saturated heterocycles. The smallest absolute Gasteiger partial charge is 0.257 e. The standard InChI is InChI=1S/C22H19ClFN5O4S/c23-14-3-1-13(2-4-14)9-27-22(31)18-11-26-20-17(21(18)30)7-15(24)8-19(20)34(32,33)29-6-5-16-10-25-12-28-16/h1-4,7-8,10-12,29H,5-6,9H2,(H,25,28)(H,26,30)(H,27,31). The molecule has 0 aliphatic carbocycles. The maximum atomic E-state index is 14.3. The fraction of sp³-hybridized carbons (Fsp3) is 0.136. The number of imidazole rings is 1. The number of hydrogen-bond acceptors (Lipinski definition) is 5. The molecule has 0 aliphatic rings. The van der Waals surface area contributed by atoms with Gasteiger partial charge in [-0.1, -0.05) is 23.7 Å². The number of nitrogens with one attached hydrogen (secondary N) is 4. The highest BCUT2D eigenvalue weighted by Crippen LogP contribution is 2.21. The Morgan fingerprint density at radius 3 is 2.62 bits per heavy atom. The molecule has 0 fully saturated rings. The molecule has 176 valence electrons. The van der Waals surface area contributed by atoms with Crippen molar-refractivity contribution in [2.75, 3.05) is 6.54 Å². The number of fused-ring (bicyclic) bond motifs is 1. The third-order valence-corrected chi connectivity index (χ3v) is 6.80. The lowest BCUT2D eigenvalue weighted by Gasteiger charge is -2.11.